The number of likely N-dealkylation sites (tertiary alicyclic amines) is 1. The second-order valence-electron chi connectivity index (χ2n) is 5.80. The molecule has 1 aliphatic rings. The molecule has 6 heteroatoms. The van der Waals surface area contributed by atoms with E-state index in [9.17, 15) is 18.0 Å². The fourth-order valence-corrected chi connectivity index (χ4v) is 2.69. The number of amides is 1. The van der Waals surface area contributed by atoms with Crippen LogP contribution in [0, 0.1) is 5.92 Å². The van der Waals surface area contributed by atoms with Crippen molar-refractivity contribution in [1.29, 1.82) is 0 Å². The fourth-order valence-electron chi connectivity index (χ4n) is 2.69. The Morgan fingerprint density at radius 2 is 1.82 bits per heavy atom. The molecule has 0 unspecified atom stereocenters. The van der Waals surface area contributed by atoms with Gasteiger partial charge < -0.3 is 5.32 Å². The largest absolute Gasteiger partial charge is 0.397 e. The molecule has 1 fully saturated rings. The predicted molar refractivity (Wildman–Crippen MR) is 78.1 cm³/mol. The van der Waals surface area contributed by atoms with Crippen LogP contribution in [-0.2, 0) is 11.3 Å². The Morgan fingerprint density at radius 1 is 1.18 bits per heavy atom. The number of halogens is 3. The zero-order valence-corrected chi connectivity index (χ0v) is 12.4. The van der Waals surface area contributed by atoms with Gasteiger partial charge in [-0.05, 0) is 37.4 Å². The molecule has 22 heavy (non-hydrogen) atoms. The van der Waals surface area contributed by atoms with Crippen LogP contribution in [0.3, 0.4) is 0 Å². The Balaban J connectivity index is 1.66. The topological polar surface area (TPSA) is 32.3 Å². The Labute approximate surface area is 128 Å². The number of carbonyl (C=O) groups is 1. The number of piperidine rings is 1. The Kier molecular flexibility index (Phi) is 5.83. The number of hydrogen-bond donors (Lipinski definition) is 1. The van der Waals surface area contributed by atoms with Crippen LogP contribution in [0.5, 0.6) is 0 Å². The maximum atomic E-state index is 12.1. The van der Waals surface area contributed by atoms with Crippen molar-refractivity contribution in [2.75, 3.05) is 19.6 Å². The van der Waals surface area contributed by atoms with Gasteiger partial charge >= 0.3 is 6.18 Å². The maximum absolute atomic E-state index is 12.1. The number of nitrogens with one attached hydrogen (secondary N) is 1. The third-order valence-electron chi connectivity index (χ3n) is 3.91. The second kappa shape index (κ2) is 7.63. The summed E-state index contributed by atoms with van der Waals surface area (Å²) in [6, 6.07) is 10.2. The number of carbonyl (C=O) groups excluding carboxylic acids is 1. The third kappa shape index (κ3) is 6.05. The SMILES string of the molecule is O=C(CC(F)(F)F)NCC1CCN(Cc2ccccc2)CC1. The molecule has 2 rings (SSSR count). The summed E-state index contributed by atoms with van der Waals surface area (Å²) in [7, 11) is 0. The normalized spacial score (nSPS) is 17.4. The minimum Gasteiger partial charge on any atom is -0.356 e. The minimum atomic E-state index is -4.43. The Bertz CT molecular complexity index is 468. The fraction of sp³-hybridized carbons (Fsp3) is 0.562. The van der Waals surface area contributed by atoms with Crippen LogP contribution in [0.15, 0.2) is 30.3 Å². The van der Waals surface area contributed by atoms with Gasteiger partial charge in [0.25, 0.3) is 0 Å². The van der Waals surface area contributed by atoms with Gasteiger partial charge in [-0.2, -0.15) is 13.2 Å². The van der Waals surface area contributed by atoms with E-state index in [2.05, 4.69) is 22.3 Å². The van der Waals surface area contributed by atoms with Crippen molar-refractivity contribution in [1.82, 2.24) is 10.2 Å². The highest BCUT2D eigenvalue weighted by Gasteiger charge is 2.31. The van der Waals surface area contributed by atoms with Gasteiger partial charge in [-0.15, -0.1) is 0 Å². The average Bonchev–Trinajstić information content (AvgIpc) is 2.46. The molecule has 0 radical (unpaired) electrons. The van der Waals surface area contributed by atoms with Crippen LogP contribution in [0.2, 0.25) is 0 Å². The number of nitrogens with zero attached hydrogens (tertiary/aromatic N) is 1. The molecular formula is C16H21F3N2O. The van der Waals surface area contributed by atoms with Crippen LogP contribution in [0.25, 0.3) is 0 Å². The highest BCUT2D eigenvalue weighted by atomic mass is 19.4. The lowest BCUT2D eigenvalue weighted by molar-refractivity contribution is -0.153. The van der Waals surface area contributed by atoms with Gasteiger partial charge in [-0.3, -0.25) is 9.69 Å². The summed E-state index contributed by atoms with van der Waals surface area (Å²) in [6.07, 6.45) is -4.01. The summed E-state index contributed by atoms with van der Waals surface area (Å²) in [5.41, 5.74) is 1.26. The van der Waals surface area contributed by atoms with Gasteiger partial charge in [0.1, 0.15) is 6.42 Å². The van der Waals surface area contributed by atoms with Gasteiger partial charge in [0.05, 0.1) is 0 Å². The second-order valence-corrected chi connectivity index (χ2v) is 5.80. The van der Waals surface area contributed by atoms with Crippen LogP contribution in [0.4, 0.5) is 13.2 Å². The lowest BCUT2D eigenvalue weighted by Gasteiger charge is -2.32. The van der Waals surface area contributed by atoms with E-state index in [4.69, 9.17) is 0 Å². The zero-order chi connectivity index (χ0) is 16.0. The van der Waals surface area contributed by atoms with Gasteiger partial charge in [-0.25, -0.2) is 0 Å². The monoisotopic (exact) mass is 314 g/mol. The molecule has 0 atom stereocenters. The van der Waals surface area contributed by atoms with Gasteiger partial charge in [0, 0.05) is 13.1 Å². The Hall–Kier alpha value is -1.56. The van der Waals surface area contributed by atoms with E-state index < -0.39 is 18.5 Å². The van der Waals surface area contributed by atoms with E-state index in [1.54, 1.807) is 0 Å². The Morgan fingerprint density at radius 3 is 2.41 bits per heavy atom. The number of rotatable bonds is 5. The van der Waals surface area contributed by atoms with Crippen molar-refractivity contribution in [2.24, 2.45) is 5.92 Å². The maximum Gasteiger partial charge on any atom is 0.397 e. The molecule has 1 heterocycles. The minimum absolute atomic E-state index is 0.268. The first kappa shape index (κ1) is 16.8. The van der Waals surface area contributed by atoms with E-state index in [0.29, 0.717) is 6.54 Å². The van der Waals surface area contributed by atoms with Gasteiger partial charge in [0.15, 0.2) is 0 Å². The highest BCUT2D eigenvalue weighted by Crippen LogP contribution is 2.20. The van der Waals surface area contributed by atoms with E-state index in [1.165, 1.54) is 5.56 Å². The molecule has 1 aromatic carbocycles. The molecule has 1 saturated heterocycles. The molecule has 1 N–H and O–H groups in total. The molecule has 1 aliphatic heterocycles. The molecular weight excluding hydrogens is 293 g/mol. The van der Waals surface area contributed by atoms with Crippen molar-refractivity contribution in [2.45, 2.75) is 32.0 Å². The van der Waals surface area contributed by atoms with E-state index in [1.807, 2.05) is 18.2 Å². The molecule has 122 valence electrons. The number of alkyl halides is 3. The predicted octanol–water partition coefficient (Wildman–Crippen LogP) is 2.97. The smallest absolute Gasteiger partial charge is 0.356 e. The standard InChI is InChI=1S/C16H21F3N2O/c17-16(18,19)10-15(22)20-11-13-6-8-21(9-7-13)12-14-4-2-1-3-5-14/h1-5,13H,6-12H2,(H,20,22). The molecule has 1 aromatic rings. The van der Waals surface area contributed by atoms with Crippen molar-refractivity contribution >= 4 is 5.91 Å². The lowest BCUT2D eigenvalue weighted by atomic mass is 9.96. The van der Waals surface area contributed by atoms with Crippen molar-refractivity contribution < 1.29 is 18.0 Å². The van der Waals surface area contributed by atoms with Crippen molar-refractivity contribution in [3.05, 3.63) is 35.9 Å². The zero-order valence-electron chi connectivity index (χ0n) is 12.4. The first-order valence-electron chi connectivity index (χ1n) is 7.52. The van der Waals surface area contributed by atoms with Gasteiger partial charge in [0.2, 0.25) is 5.91 Å². The summed E-state index contributed by atoms with van der Waals surface area (Å²) >= 11 is 0. The molecule has 0 aliphatic carbocycles. The number of benzene rings is 1. The average molecular weight is 314 g/mol. The van der Waals surface area contributed by atoms with E-state index >= 15 is 0 Å². The van der Waals surface area contributed by atoms with Crippen molar-refractivity contribution in [3.63, 3.8) is 0 Å². The van der Waals surface area contributed by atoms with Crippen LogP contribution in [0.1, 0.15) is 24.8 Å². The van der Waals surface area contributed by atoms with Crippen LogP contribution >= 0.6 is 0 Å². The first-order valence-corrected chi connectivity index (χ1v) is 7.52. The lowest BCUT2D eigenvalue weighted by Crippen LogP contribution is -2.39. The molecule has 0 saturated carbocycles. The highest BCUT2D eigenvalue weighted by molar-refractivity contribution is 5.76. The summed E-state index contributed by atoms with van der Waals surface area (Å²) in [5, 5.41) is 2.40. The van der Waals surface area contributed by atoms with Crippen molar-refractivity contribution in [3.8, 4) is 0 Å². The third-order valence-corrected chi connectivity index (χ3v) is 3.91. The summed E-state index contributed by atoms with van der Waals surface area (Å²) in [5.74, 6) is -0.663. The molecule has 0 bridgehead atoms. The van der Waals surface area contributed by atoms with Crippen LogP contribution in [-0.4, -0.2) is 36.6 Å². The quantitative estimate of drug-likeness (QED) is 0.906. The number of hydrogen-bond acceptors (Lipinski definition) is 2. The molecule has 0 aromatic heterocycles. The summed E-state index contributed by atoms with van der Waals surface area (Å²) in [4.78, 5) is 13.5. The van der Waals surface area contributed by atoms with Gasteiger partial charge in [-0.1, -0.05) is 30.3 Å². The molecule has 3 nitrogen and oxygen atoms in total. The van der Waals surface area contributed by atoms with Crippen LogP contribution < -0.4 is 5.32 Å². The first-order chi connectivity index (χ1) is 10.4. The summed E-state index contributed by atoms with van der Waals surface area (Å²) in [6.45, 7) is 3.06. The van der Waals surface area contributed by atoms with E-state index in [0.717, 1.165) is 32.5 Å². The molecule has 0 spiro atoms. The summed E-state index contributed by atoms with van der Waals surface area (Å²) < 4.78 is 36.2. The molecule has 1 amide bonds. The van der Waals surface area contributed by atoms with E-state index in [-0.39, 0.29) is 5.92 Å².